The molecule has 0 saturated heterocycles. The first-order valence-electron chi connectivity index (χ1n) is 7.44. The Hall–Kier alpha value is -2.46. The second-order valence-electron chi connectivity index (χ2n) is 5.57. The van der Waals surface area contributed by atoms with Crippen LogP contribution in [0.1, 0.15) is 44.3 Å². The lowest BCUT2D eigenvalue weighted by Crippen LogP contribution is -2.24. The van der Waals surface area contributed by atoms with Gasteiger partial charge in [-0.3, -0.25) is 4.79 Å². The van der Waals surface area contributed by atoms with Gasteiger partial charge in [-0.15, -0.1) is 0 Å². The van der Waals surface area contributed by atoms with Crippen molar-refractivity contribution in [2.75, 3.05) is 0 Å². The van der Waals surface area contributed by atoms with Gasteiger partial charge in [0.25, 0.3) is 0 Å². The maximum absolute atomic E-state index is 12.4. The maximum Gasteiger partial charge on any atom is 0.338 e. The fourth-order valence-electron chi connectivity index (χ4n) is 2.16. The van der Waals surface area contributed by atoms with Gasteiger partial charge in [-0.25, -0.2) is 4.79 Å². The summed E-state index contributed by atoms with van der Waals surface area (Å²) in [5, 5.41) is 8.99. The van der Waals surface area contributed by atoms with E-state index in [1.165, 1.54) is 0 Å². The zero-order valence-electron chi connectivity index (χ0n) is 13.5. The predicted molar refractivity (Wildman–Crippen MR) is 87.5 cm³/mol. The number of benzene rings is 2. The van der Waals surface area contributed by atoms with Gasteiger partial charge in [0.15, 0.2) is 6.10 Å². The summed E-state index contributed by atoms with van der Waals surface area (Å²) in [5.41, 5.74) is 3.72. The number of carbonyl (C=O) groups is 2. The lowest BCUT2D eigenvalue weighted by Gasteiger charge is -2.13. The van der Waals surface area contributed by atoms with Crippen molar-refractivity contribution in [2.45, 2.75) is 33.5 Å². The van der Waals surface area contributed by atoms with Crippen molar-refractivity contribution < 1.29 is 19.4 Å². The van der Waals surface area contributed by atoms with Gasteiger partial charge in [-0.1, -0.05) is 24.3 Å². The molecule has 1 N–H and O–H groups in total. The third-order valence-electron chi connectivity index (χ3n) is 3.82. The molecule has 120 valence electrons. The maximum atomic E-state index is 12.4. The molecule has 2 rings (SSSR count). The van der Waals surface area contributed by atoms with Crippen LogP contribution in [0.2, 0.25) is 0 Å². The second kappa shape index (κ2) is 7.20. The van der Waals surface area contributed by atoms with Crippen LogP contribution in [0.5, 0.6) is 0 Å². The Morgan fingerprint density at radius 1 is 1.00 bits per heavy atom. The number of aryl methyl sites for hydroxylation is 2. The highest BCUT2D eigenvalue weighted by molar-refractivity contribution is 6.01. The van der Waals surface area contributed by atoms with Crippen molar-refractivity contribution in [1.29, 1.82) is 0 Å². The van der Waals surface area contributed by atoms with E-state index in [9.17, 15) is 9.59 Å². The van der Waals surface area contributed by atoms with E-state index in [2.05, 4.69) is 0 Å². The first kappa shape index (κ1) is 16.9. The molecule has 0 radical (unpaired) electrons. The number of ether oxygens (including phenoxy) is 1. The van der Waals surface area contributed by atoms with E-state index in [-0.39, 0.29) is 12.4 Å². The van der Waals surface area contributed by atoms with Gasteiger partial charge < -0.3 is 9.84 Å². The SMILES string of the molecule is Cc1ccc(C(=O)[C@@H](C)OC(=O)c2ccc(CO)cc2)cc1C. The number of carbonyl (C=O) groups excluding carboxylic acids is 2. The standard InChI is InChI=1S/C19H20O4/c1-12-4-7-17(10-13(12)2)18(21)14(3)23-19(22)16-8-5-15(11-20)6-9-16/h4-10,14,20H,11H2,1-3H3/t14-/m1/s1. The Morgan fingerprint density at radius 3 is 2.17 bits per heavy atom. The van der Waals surface area contributed by atoms with Crippen LogP contribution in [0.25, 0.3) is 0 Å². The summed E-state index contributed by atoms with van der Waals surface area (Å²) in [6, 6.07) is 11.9. The molecule has 0 aromatic heterocycles. The van der Waals surface area contributed by atoms with Gasteiger partial charge >= 0.3 is 5.97 Å². The van der Waals surface area contributed by atoms with E-state index in [4.69, 9.17) is 9.84 Å². The largest absolute Gasteiger partial charge is 0.451 e. The molecule has 4 nitrogen and oxygen atoms in total. The van der Waals surface area contributed by atoms with Crippen LogP contribution in [0.3, 0.4) is 0 Å². The highest BCUT2D eigenvalue weighted by Gasteiger charge is 2.20. The zero-order valence-corrected chi connectivity index (χ0v) is 13.5. The minimum Gasteiger partial charge on any atom is -0.451 e. The lowest BCUT2D eigenvalue weighted by atomic mass is 10.0. The average molecular weight is 312 g/mol. The number of ketones is 1. The van der Waals surface area contributed by atoms with Crippen molar-refractivity contribution in [3.05, 3.63) is 70.3 Å². The van der Waals surface area contributed by atoms with E-state index in [1.807, 2.05) is 19.9 Å². The molecule has 0 unspecified atom stereocenters. The molecular weight excluding hydrogens is 292 g/mol. The van der Waals surface area contributed by atoms with Gasteiger partial charge in [-0.05, 0) is 55.7 Å². The average Bonchev–Trinajstić information content (AvgIpc) is 2.56. The zero-order chi connectivity index (χ0) is 17.0. The molecule has 0 aliphatic carbocycles. The van der Waals surface area contributed by atoms with Crippen LogP contribution in [0.15, 0.2) is 42.5 Å². The van der Waals surface area contributed by atoms with Crippen LogP contribution in [0.4, 0.5) is 0 Å². The summed E-state index contributed by atoms with van der Waals surface area (Å²) in [7, 11) is 0. The normalized spacial score (nSPS) is 11.8. The molecule has 4 heteroatoms. The third kappa shape index (κ3) is 4.05. The summed E-state index contributed by atoms with van der Waals surface area (Å²) >= 11 is 0. The van der Waals surface area contributed by atoms with Gasteiger partial charge in [0.05, 0.1) is 12.2 Å². The molecule has 0 fully saturated rings. The van der Waals surface area contributed by atoms with Crippen LogP contribution >= 0.6 is 0 Å². The molecule has 0 aliphatic rings. The quantitative estimate of drug-likeness (QED) is 0.680. The Bertz CT molecular complexity index is 717. The topological polar surface area (TPSA) is 63.6 Å². The Labute approximate surface area is 135 Å². The van der Waals surface area contributed by atoms with Gasteiger partial charge in [0, 0.05) is 5.56 Å². The summed E-state index contributed by atoms with van der Waals surface area (Å²) in [6.45, 7) is 5.39. The van der Waals surface area contributed by atoms with Crippen molar-refractivity contribution in [3.8, 4) is 0 Å². The van der Waals surface area contributed by atoms with Crippen LogP contribution < -0.4 is 0 Å². The fraction of sp³-hybridized carbons (Fsp3) is 0.263. The second-order valence-corrected chi connectivity index (χ2v) is 5.57. The number of hydrogen-bond acceptors (Lipinski definition) is 4. The molecule has 0 aliphatic heterocycles. The number of hydrogen-bond donors (Lipinski definition) is 1. The van der Waals surface area contributed by atoms with Crippen molar-refractivity contribution in [3.63, 3.8) is 0 Å². The van der Waals surface area contributed by atoms with Crippen molar-refractivity contribution in [1.82, 2.24) is 0 Å². The molecule has 2 aromatic rings. The van der Waals surface area contributed by atoms with Crippen LogP contribution in [-0.2, 0) is 11.3 Å². The van der Waals surface area contributed by atoms with E-state index >= 15 is 0 Å². The van der Waals surface area contributed by atoms with E-state index in [1.54, 1.807) is 43.3 Å². The highest BCUT2D eigenvalue weighted by Crippen LogP contribution is 2.14. The number of aliphatic hydroxyl groups excluding tert-OH is 1. The minimum absolute atomic E-state index is 0.0863. The third-order valence-corrected chi connectivity index (χ3v) is 3.82. The van der Waals surface area contributed by atoms with Gasteiger partial charge in [0.1, 0.15) is 0 Å². The predicted octanol–water partition coefficient (Wildman–Crippen LogP) is 3.22. The Morgan fingerprint density at radius 2 is 1.61 bits per heavy atom. The molecule has 0 bridgehead atoms. The minimum atomic E-state index is -0.859. The molecule has 23 heavy (non-hydrogen) atoms. The number of Topliss-reactive ketones (excluding diaryl/α,β-unsaturated/α-hetero) is 1. The summed E-state index contributed by atoms with van der Waals surface area (Å²) in [4.78, 5) is 24.4. The molecule has 2 aromatic carbocycles. The summed E-state index contributed by atoms with van der Waals surface area (Å²) in [6.07, 6.45) is -0.859. The molecular formula is C19H20O4. The molecule has 0 saturated carbocycles. The van der Waals surface area contributed by atoms with Crippen LogP contribution in [0, 0.1) is 13.8 Å². The van der Waals surface area contributed by atoms with E-state index in [0.717, 1.165) is 11.1 Å². The smallest absolute Gasteiger partial charge is 0.338 e. The highest BCUT2D eigenvalue weighted by atomic mass is 16.5. The van der Waals surface area contributed by atoms with Crippen molar-refractivity contribution >= 4 is 11.8 Å². The Kier molecular flexibility index (Phi) is 5.29. The monoisotopic (exact) mass is 312 g/mol. The summed E-state index contributed by atoms with van der Waals surface area (Å²) < 4.78 is 5.25. The number of aliphatic hydroxyl groups is 1. The van der Waals surface area contributed by atoms with Crippen LogP contribution in [-0.4, -0.2) is 23.0 Å². The number of esters is 1. The molecule has 0 spiro atoms. The Balaban J connectivity index is 2.07. The molecule has 0 amide bonds. The van der Waals surface area contributed by atoms with Crippen molar-refractivity contribution in [2.24, 2.45) is 0 Å². The fourth-order valence-corrected chi connectivity index (χ4v) is 2.16. The molecule has 0 heterocycles. The van der Waals surface area contributed by atoms with E-state index in [0.29, 0.717) is 16.7 Å². The summed E-state index contributed by atoms with van der Waals surface area (Å²) in [5.74, 6) is -0.785. The lowest BCUT2D eigenvalue weighted by molar-refractivity contribution is 0.0318. The van der Waals surface area contributed by atoms with Gasteiger partial charge in [-0.2, -0.15) is 0 Å². The number of rotatable bonds is 5. The first-order valence-corrected chi connectivity index (χ1v) is 7.44. The van der Waals surface area contributed by atoms with E-state index < -0.39 is 12.1 Å². The molecule has 1 atom stereocenters. The first-order chi connectivity index (χ1) is 10.9. The van der Waals surface area contributed by atoms with Gasteiger partial charge in [0.2, 0.25) is 5.78 Å².